The number of esters is 2. The fourth-order valence-corrected chi connectivity index (χ4v) is 3.34. The molecule has 2 aromatic rings. The molecule has 0 aliphatic heterocycles. The molecule has 0 aliphatic carbocycles. The van der Waals surface area contributed by atoms with Crippen LogP contribution in [0.2, 0.25) is 0 Å². The third-order valence-electron chi connectivity index (χ3n) is 3.86. The molecule has 0 atom stereocenters. The lowest BCUT2D eigenvalue weighted by Crippen LogP contribution is -2.33. The first-order valence-corrected chi connectivity index (χ1v) is 9.54. The maximum Gasteiger partial charge on any atom is 0.337 e. The summed E-state index contributed by atoms with van der Waals surface area (Å²) in [5.74, 6) is -1.13. The largest absolute Gasteiger partial charge is 0.465 e. The van der Waals surface area contributed by atoms with Gasteiger partial charge in [-0.3, -0.25) is 4.79 Å². The third kappa shape index (κ3) is 5.38. The number of carbonyl (C=O) groups is 2. The first-order valence-electron chi connectivity index (χ1n) is 8.10. The number of nitrogens with zero attached hydrogens (tertiary/aromatic N) is 1. The highest BCUT2D eigenvalue weighted by Gasteiger charge is 2.23. The Hall–Kier alpha value is -2.71. The van der Waals surface area contributed by atoms with Gasteiger partial charge in [-0.2, -0.15) is 4.31 Å². The molecule has 2 rings (SSSR count). The van der Waals surface area contributed by atoms with Gasteiger partial charge in [0, 0.05) is 7.05 Å². The zero-order valence-corrected chi connectivity index (χ0v) is 16.2. The van der Waals surface area contributed by atoms with Crippen molar-refractivity contribution in [2.45, 2.75) is 18.4 Å². The summed E-state index contributed by atoms with van der Waals surface area (Å²) in [7, 11) is -1.16. The van der Waals surface area contributed by atoms with Crippen LogP contribution in [0.5, 0.6) is 0 Å². The monoisotopic (exact) mass is 391 g/mol. The molecule has 0 spiro atoms. The highest BCUT2D eigenvalue weighted by atomic mass is 32.2. The van der Waals surface area contributed by atoms with Crippen LogP contribution in [0.1, 0.15) is 21.5 Å². The Morgan fingerprint density at radius 3 is 2.15 bits per heavy atom. The van der Waals surface area contributed by atoms with E-state index in [1.807, 2.05) is 6.92 Å². The van der Waals surface area contributed by atoms with Gasteiger partial charge in [0.05, 0.1) is 17.6 Å². The van der Waals surface area contributed by atoms with E-state index >= 15 is 0 Å². The predicted molar refractivity (Wildman–Crippen MR) is 98.6 cm³/mol. The molecule has 144 valence electrons. The molecule has 7 nitrogen and oxygen atoms in total. The van der Waals surface area contributed by atoms with Gasteiger partial charge in [0.15, 0.2) is 0 Å². The summed E-state index contributed by atoms with van der Waals surface area (Å²) < 4.78 is 35.6. The highest BCUT2D eigenvalue weighted by Crippen LogP contribution is 2.15. The van der Waals surface area contributed by atoms with E-state index in [-0.39, 0.29) is 11.5 Å². The summed E-state index contributed by atoms with van der Waals surface area (Å²) in [6.45, 7) is 1.42. The van der Waals surface area contributed by atoms with Crippen LogP contribution in [0.4, 0.5) is 0 Å². The number of carbonyl (C=O) groups excluding carboxylic acids is 2. The van der Waals surface area contributed by atoms with Crippen LogP contribution in [0.15, 0.2) is 53.4 Å². The first kappa shape index (κ1) is 20.6. The van der Waals surface area contributed by atoms with Gasteiger partial charge in [0.2, 0.25) is 10.0 Å². The molecule has 0 N–H and O–H groups in total. The molecule has 0 amide bonds. The second-order valence-electron chi connectivity index (χ2n) is 5.92. The Kier molecular flexibility index (Phi) is 6.70. The van der Waals surface area contributed by atoms with Gasteiger partial charge in [0.25, 0.3) is 0 Å². The molecule has 0 aliphatic rings. The quantitative estimate of drug-likeness (QED) is 0.672. The molecule has 8 heteroatoms. The summed E-state index contributed by atoms with van der Waals surface area (Å²) in [5, 5.41) is 0. The zero-order chi connectivity index (χ0) is 20.0. The van der Waals surface area contributed by atoms with Crippen LogP contribution in [-0.4, -0.2) is 45.4 Å². The fraction of sp³-hybridized carbons (Fsp3) is 0.263. The summed E-state index contributed by atoms with van der Waals surface area (Å²) >= 11 is 0. The molecule has 0 aromatic heterocycles. The van der Waals surface area contributed by atoms with Gasteiger partial charge in [0.1, 0.15) is 13.2 Å². The van der Waals surface area contributed by atoms with Gasteiger partial charge in [-0.05, 0) is 36.8 Å². The van der Waals surface area contributed by atoms with E-state index in [0.29, 0.717) is 11.1 Å². The van der Waals surface area contributed by atoms with Crippen molar-refractivity contribution in [1.29, 1.82) is 0 Å². The van der Waals surface area contributed by atoms with E-state index in [4.69, 9.17) is 4.74 Å². The van der Waals surface area contributed by atoms with E-state index in [0.717, 1.165) is 9.87 Å². The van der Waals surface area contributed by atoms with Crippen molar-refractivity contribution in [3.63, 3.8) is 0 Å². The lowest BCUT2D eigenvalue weighted by molar-refractivity contribution is -0.144. The van der Waals surface area contributed by atoms with Crippen molar-refractivity contribution >= 4 is 22.0 Å². The normalized spacial score (nSPS) is 11.3. The van der Waals surface area contributed by atoms with Crippen molar-refractivity contribution in [3.05, 3.63) is 65.2 Å². The molecule has 2 aromatic carbocycles. The molecular weight excluding hydrogens is 370 g/mol. The van der Waals surface area contributed by atoms with E-state index in [2.05, 4.69) is 4.74 Å². The van der Waals surface area contributed by atoms with Gasteiger partial charge < -0.3 is 9.47 Å². The number of aryl methyl sites for hydroxylation is 1. The Balaban J connectivity index is 1.93. The van der Waals surface area contributed by atoms with Crippen molar-refractivity contribution in [2.75, 3.05) is 20.7 Å². The fourth-order valence-electron chi connectivity index (χ4n) is 2.22. The predicted octanol–water partition coefficient (Wildman–Crippen LogP) is 2.15. The topological polar surface area (TPSA) is 90.0 Å². The van der Waals surface area contributed by atoms with Crippen LogP contribution < -0.4 is 0 Å². The molecule has 0 saturated carbocycles. The zero-order valence-electron chi connectivity index (χ0n) is 15.3. The van der Waals surface area contributed by atoms with E-state index in [1.165, 1.54) is 26.3 Å². The molecule has 27 heavy (non-hydrogen) atoms. The maximum atomic E-state index is 12.5. The molecule has 0 heterocycles. The van der Waals surface area contributed by atoms with Crippen LogP contribution in [-0.2, 0) is 30.9 Å². The van der Waals surface area contributed by atoms with Crippen LogP contribution >= 0.6 is 0 Å². The molecular formula is C19H21NO6S. The Labute approximate surface area is 158 Å². The van der Waals surface area contributed by atoms with Crippen molar-refractivity contribution in [2.24, 2.45) is 0 Å². The Morgan fingerprint density at radius 1 is 1.00 bits per heavy atom. The SMILES string of the molecule is COC(=O)c1ccc(COC(=O)CN(C)S(=O)(=O)c2ccc(C)cc2)cc1. The number of likely N-dealkylation sites (N-methyl/N-ethyl adjacent to an activating group) is 1. The smallest absolute Gasteiger partial charge is 0.337 e. The number of methoxy groups -OCH3 is 1. The van der Waals surface area contributed by atoms with Crippen LogP contribution in [0.3, 0.4) is 0 Å². The number of hydrogen-bond donors (Lipinski definition) is 0. The van der Waals surface area contributed by atoms with Crippen LogP contribution in [0, 0.1) is 6.92 Å². The summed E-state index contributed by atoms with van der Waals surface area (Å²) in [4.78, 5) is 23.5. The van der Waals surface area contributed by atoms with Gasteiger partial charge >= 0.3 is 11.9 Å². The average molecular weight is 391 g/mol. The molecule has 0 bridgehead atoms. The first-order chi connectivity index (χ1) is 12.7. The molecule has 0 fully saturated rings. The Bertz CT molecular complexity index is 904. The summed E-state index contributed by atoms with van der Waals surface area (Å²) in [6, 6.07) is 12.8. The number of sulfonamides is 1. The molecule has 0 radical (unpaired) electrons. The van der Waals surface area contributed by atoms with Crippen molar-refractivity contribution in [1.82, 2.24) is 4.31 Å². The maximum absolute atomic E-state index is 12.5. The third-order valence-corrected chi connectivity index (χ3v) is 5.67. The van der Waals surface area contributed by atoms with Crippen molar-refractivity contribution in [3.8, 4) is 0 Å². The van der Waals surface area contributed by atoms with Crippen molar-refractivity contribution < 1.29 is 27.5 Å². The number of rotatable bonds is 7. The van der Waals surface area contributed by atoms with Crippen LogP contribution in [0.25, 0.3) is 0 Å². The minimum atomic E-state index is -3.77. The second-order valence-corrected chi connectivity index (χ2v) is 7.97. The van der Waals surface area contributed by atoms with E-state index in [1.54, 1.807) is 36.4 Å². The minimum Gasteiger partial charge on any atom is -0.465 e. The van der Waals surface area contributed by atoms with E-state index < -0.39 is 28.5 Å². The average Bonchev–Trinajstić information content (AvgIpc) is 2.66. The number of hydrogen-bond acceptors (Lipinski definition) is 6. The molecule has 0 saturated heterocycles. The Morgan fingerprint density at radius 2 is 1.59 bits per heavy atom. The molecule has 0 unspecified atom stereocenters. The second kappa shape index (κ2) is 8.79. The highest BCUT2D eigenvalue weighted by molar-refractivity contribution is 7.89. The number of benzene rings is 2. The van der Waals surface area contributed by atoms with E-state index in [9.17, 15) is 18.0 Å². The lowest BCUT2D eigenvalue weighted by Gasteiger charge is -2.16. The van der Waals surface area contributed by atoms with Gasteiger partial charge in [-0.1, -0.05) is 29.8 Å². The summed E-state index contributed by atoms with van der Waals surface area (Å²) in [5.41, 5.74) is 1.99. The van der Waals surface area contributed by atoms with Gasteiger partial charge in [-0.15, -0.1) is 0 Å². The minimum absolute atomic E-state index is 0.0291. The number of ether oxygens (including phenoxy) is 2. The van der Waals surface area contributed by atoms with Gasteiger partial charge in [-0.25, -0.2) is 13.2 Å². The lowest BCUT2D eigenvalue weighted by atomic mass is 10.1. The standard InChI is InChI=1S/C19H21NO6S/c1-14-4-10-17(11-5-14)27(23,24)20(2)12-18(21)26-13-15-6-8-16(9-7-15)19(22)25-3/h4-11H,12-13H2,1-3H3. The summed E-state index contributed by atoms with van der Waals surface area (Å²) in [6.07, 6.45) is 0.